The van der Waals surface area contributed by atoms with Crippen molar-refractivity contribution in [1.29, 1.82) is 0 Å². The van der Waals surface area contributed by atoms with Crippen molar-refractivity contribution < 1.29 is 4.79 Å². The highest BCUT2D eigenvalue weighted by Gasteiger charge is 2.31. The molecule has 0 aromatic carbocycles. The first-order valence-corrected chi connectivity index (χ1v) is 5.76. The van der Waals surface area contributed by atoms with Crippen LogP contribution in [0.15, 0.2) is 0 Å². The first-order chi connectivity index (χ1) is 7.02. The van der Waals surface area contributed by atoms with Gasteiger partial charge in [-0.3, -0.25) is 0 Å². The highest BCUT2D eigenvalue weighted by atomic mass is 16.2. The number of carbonyl (C=O) groups is 1. The fourth-order valence-corrected chi connectivity index (χ4v) is 2.07. The third-order valence-corrected chi connectivity index (χ3v) is 3.11. The van der Waals surface area contributed by atoms with Gasteiger partial charge in [0.05, 0.1) is 13.9 Å². The third kappa shape index (κ3) is 3.43. The molecule has 0 aromatic rings. The molecular weight excluding hydrogens is 187 g/mol. The second-order valence-corrected chi connectivity index (χ2v) is 4.69. The highest BCUT2D eigenvalue weighted by molar-refractivity contribution is 6.11. The van der Waals surface area contributed by atoms with Crippen molar-refractivity contribution in [2.45, 2.75) is 44.5 Å². The predicted octanol–water partition coefficient (Wildman–Crippen LogP) is 1.89. The molecule has 15 heavy (non-hydrogen) atoms. The first kappa shape index (κ1) is 12.4. The molecule has 0 aromatic heterocycles. The molecule has 1 aliphatic rings. The zero-order chi connectivity index (χ0) is 11.4. The number of carbonyl (C=O) groups excluding carboxylic acids is 1. The van der Waals surface area contributed by atoms with Crippen LogP contribution in [0.5, 0.6) is 0 Å². The number of unbranched alkanes of at least 4 members (excludes halogenated alkanes) is 1. The van der Waals surface area contributed by atoms with E-state index in [-0.39, 0.29) is 6.03 Å². The lowest BCUT2D eigenvalue weighted by atomic mass is 9.85. The SMILES string of the molecule is [B]C(C)CCCCC1CN(C)C(=O)N1C. The van der Waals surface area contributed by atoms with Gasteiger partial charge in [0, 0.05) is 20.6 Å². The summed E-state index contributed by atoms with van der Waals surface area (Å²) in [6.45, 7) is 2.91. The first-order valence-electron chi connectivity index (χ1n) is 5.76. The fraction of sp³-hybridized carbons (Fsp3) is 0.909. The van der Waals surface area contributed by atoms with Gasteiger partial charge >= 0.3 is 6.03 Å². The number of amides is 2. The number of rotatable bonds is 5. The summed E-state index contributed by atoms with van der Waals surface area (Å²) < 4.78 is 0. The van der Waals surface area contributed by atoms with Crippen molar-refractivity contribution in [1.82, 2.24) is 9.80 Å². The van der Waals surface area contributed by atoms with E-state index in [1.807, 2.05) is 25.9 Å². The monoisotopic (exact) mass is 208 g/mol. The smallest absolute Gasteiger partial charge is 0.319 e. The van der Waals surface area contributed by atoms with Gasteiger partial charge in [0.15, 0.2) is 0 Å². The molecule has 1 fully saturated rings. The van der Waals surface area contributed by atoms with Gasteiger partial charge in [-0.25, -0.2) is 4.79 Å². The molecule has 0 saturated carbocycles. The van der Waals surface area contributed by atoms with Crippen LogP contribution in [0, 0.1) is 0 Å². The molecule has 2 amide bonds. The topological polar surface area (TPSA) is 23.6 Å². The van der Waals surface area contributed by atoms with Crippen LogP contribution in [0.3, 0.4) is 0 Å². The van der Waals surface area contributed by atoms with Crippen molar-refractivity contribution in [3.05, 3.63) is 0 Å². The summed E-state index contributed by atoms with van der Waals surface area (Å²) in [4.78, 5) is 15.1. The lowest BCUT2D eigenvalue weighted by Gasteiger charge is -2.17. The Morgan fingerprint density at radius 3 is 2.60 bits per heavy atom. The molecular formula is C11H21BN2O. The van der Waals surface area contributed by atoms with Crippen LogP contribution in [0.25, 0.3) is 0 Å². The van der Waals surface area contributed by atoms with E-state index in [9.17, 15) is 4.79 Å². The normalized spacial score (nSPS) is 23.7. The van der Waals surface area contributed by atoms with Gasteiger partial charge in [-0.2, -0.15) is 0 Å². The van der Waals surface area contributed by atoms with Crippen molar-refractivity contribution >= 4 is 13.9 Å². The highest BCUT2D eigenvalue weighted by Crippen LogP contribution is 2.19. The summed E-state index contributed by atoms with van der Waals surface area (Å²) in [7, 11) is 9.44. The summed E-state index contributed by atoms with van der Waals surface area (Å²) in [6, 6.07) is 0.544. The summed E-state index contributed by atoms with van der Waals surface area (Å²) in [5, 5.41) is 0. The lowest BCUT2D eigenvalue weighted by Crippen LogP contribution is -2.30. The Kier molecular flexibility index (Phi) is 4.49. The molecule has 0 N–H and O–H groups in total. The Morgan fingerprint density at radius 2 is 2.13 bits per heavy atom. The fourth-order valence-electron chi connectivity index (χ4n) is 2.07. The Labute approximate surface area is 94.2 Å². The summed E-state index contributed by atoms with van der Waals surface area (Å²) in [5.41, 5.74) is 0. The average Bonchev–Trinajstić information content (AvgIpc) is 2.41. The molecule has 1 aliphatic heterocycles. The summed E-state index contributed by atoms with van der Waals surface area (Å²) in [5.74, 6) is 0.301. The molecule has 0 aliphatic carbocycles. The number of hydrogen-bond donors (Lipinski definition) is 0. The van der Waals surface area contributed by atoms with Crippen molar-refractivity contribution in [2.24, 2.45) is 0 Å². The number of hydrogen-bond acceptors (Lipinski definition) is 1. The summed E-state index contributed by atoms with van der Waals surface area (Å²) in [6.07, 6.45) is 4.51. The van der Waals surface area contributed by atoms with E-state index in [2.05, 4.69) is 0 Å². The standard InChI is InChI=1S/C11H21BN2O/c1-9(12)6-4-5-7-10-8-13(2)11(15)14(10)3/h9-10H,4-8H2,1-3H3. The summed E-state index contributed by atoms with van der Waals surface area (Å²) >= 11 is 0. The van der Waals surface area contributed by atoms with Crippen molar-refractivity contribution in [3.8, 4) is 0 Å². The Balaban J connectivity index is 2.20. The van der Waals surface area contributed by atoms with Gasteiger partial charge in [0.25, 0.3) is 0 Å². The molecule has 1 heterocycles. The van der Waals surface area contributed by atoms with Gasteiger partial charge in [-0.15, -0.1) is 0 Å². The van der Waals surface area contributed by atoms with Gasteiger partial charge in [-0.1, -0.05) is 32.0 Å². The van der Waals surface area contributed by atoms with E-state index >= 15 is 0 Å². The van der Waals surface area contributed by atoms with E-state index in [4.69, 9.17) is 7.85 Å². The number of urea groups is 1. The lowest BCUT2D eigenvalue weighted by molar-refractivity contribution is 0.200. The minimum atomic E-state index is 0.146. The van der Waals surface area contributed by atoms with Crippen LogP contribution in [0.4, 0.5) is 4.79 Å². The molecule has 4 heteroatoms. The van der Waals surface area contributed by atoms with Crippen molar-refractivity contribution in [2.75, 3.05) is 20.6 Å². The number of likely N-dealkylation sites (N-methyl/N-ethyl adjacent to an activating group) is 2. The van der Waals surface area contributed by atoms with E-state index in [0.29, 0.717) is 11.9 Å². The second kappa shape index (κ2) is 5.43. The maximum Gasteiger partial charge on any atom is 0.319 e. The molecule has 2 unspecified atom stereocenters. The predicted molar refractivity (Wildman–Crippen MR) is 63.2 cm³/mol. The second-order valence-electron chi connectivity index (χ2n) is 4.69. The zero-order valence-electron chi connectivity index (χ0n) is 10.1. The van der Waals surface area contributed by atoms with Gasteiger partial charge in [-0.05, 0) is 6.42 Å². The van der Waals surface area contributed by atoms with Crippen LogP contribution >= 0.6 is 0 Å². The van der Waals surface area contributed by atoms with Crippen LogP contribution in [0.1, 0.15) is 32.6 Å². The Morgan fingerprint density at radius 1 is 1.47 bits per heavy atom. The molecule has 2 atom stereocenters. The molecule has 1 rings (SSSR count). The number of nitrogens with zero attached hydrogens (tertiary/aromatic N) is 2. The Bertz CT molecular complexity index is 221. The molecule has 1 saturated heterocycles. The maximum atomic E-state index is 11.5. The van der Waals surface area contributed by atoms with Crippen LogP contribution in [0.2, 0.25) is 5.82 Å². The molecule has 84 valence electrons. The van der Waals surface area contributed by atoms with E-state index in [1.165, 1.54) is 6.42 Å². The average molecular weight is 208 g/mol. The Hall–Kier alpha value is -0.665. The quantitative estimate of drug-likeness (QED) is 0.500. The van der Waals surface area contributed by atoms with Gasteiger partial charge in [0.1, 0.15) is 0 Å². The molecule has 0 spiro atoms. The van der Waals surface area contributed by atoms with E-state index in [0.717, 1.165) is 25.8 Å². The van der Waals surface area contributed by atoms with Crippen LogP contribution in [-0.4, -0.2) is 50.4 Å². The van der Waals surface area contributed by atoms with Crippen molar-refractivity contribution in [3.63, 3.8) is 0 Å². The molecule has 0 bridgehead atoms. The van der Waals surface area contributed by atoms with Gasteiger partial charge < -0.3 is 9.80 Å². The minimum Gasteiger partial charge on any atom is -0.326 e. The third-order valence-electron chi connectivity index (χ3n) is 3.11. The van der Waals surface area contributed by atoms with E-state index in [1.54, 1.807) is 4.90 Å². The molecule has 3 nitrogen and oxygen atoms in total. The van der Waals surface area contributed by atoms with Crippen LogP contribution in [-0.2, 0) is 0 Å². The maximum absolute atomic E-state index is 11.5. The van der Waals surface area contributed by atoms with Crippen LogP contribution < -0.4 is 0 Å². The van der Waals surface area contributed by atoms with E-state index < -0.39 is 0 Å². The zero-order valence-corrected chi connectivity index (χ0v) is 10.1. The minimum absolute atomic E-state index is 0.146. The van der Waals surface area contributed by atoms with Gasteiger partial charge in [0.2, 0.25) is 0 Å². The molecule has 2 radical (unpaired) electrons. The largest absolute Gasteiger partial charge is 0.326 e.